The summed E-state index contributed by atoms with van der Waals surface area (Å²) in [6, 6.07) is 6.76. The highest BCUT2D eigenvalue weighted by atomic mass is 79.9. The molecule has 1 amide bonds. The number of amides is 1. The number of benzene rings is 1. The first-order valence-corrected chi connectivity index (χ1v) is 8.15. The number of carbonyl (C=O) groups is 1. The second-order valence-corrected chi connectivity index (χ2v) is 7.18. The number of hydrogen-bond acceptors (Lipinski definition) is 3. The summed E-state index contributed by atoms with van der Waals surface area (Å²) < 4.78 is 26.7. The lowest BCUT2D eigenvalue weighted by Gasteiger charge is -2.12. The van der Waals surface area contributed by atoms with Gasteiger partial charge in [-0.25, -0.2) is 13.1 Å². The molecule has 0 aliphatic heterocycles. The van der Waals surface area contributed by atoms with Gasteiger partial charge >= 0.3 is 0 Å². The van der Waals surface area contributed by atoms with E-state index in [0.717, 1.165) is 12.8 Å². The molecule has 0 unspecified atom stereocenters. The van der Waals surface area contributed by atoms with Gasteiger partial charge in [0.1, 0.15) is 0 Å². The van der Waals surface area contributed by atoms with Gasteiger partial charge in [-0.3, -0.25) is 4.79 Å². The van der Waals surface area contributed by atoms with Crippen molar-refractivity contribution in [3.8, 4) is 0 Å². The molecule has 18 heavy (non-hydrogen) atoms. The van der Waals surface area contributed by atoms with E-state index in [1.807, 2.05) is 0 Å². The first-order valence-electron chi connectivity index (χ1n) is 5.81. The van der Waals surface area contributed by atoms with Gasteiger partial charge in [0.25, 0.3) is 5.91 Å². The Morgan fingerprint density at radius 3 is 2.44 bits per heavy atom. The van der Waals surface area contributed by atoms with E-state index >= 15 is 0 Å². The maximum atomic E-state index is 12.0. The van der Waals surface area contributed by atoms with Crippen molar-refractivity contribution in [3.63, 3.8) is 0 Å². The molecule has 1 aliphatic carbocycles. The minimum absolute atomic E-state index is 0.332. The van der Waals surface area contributed by atoms with Gasteiger partial charge in [-0.05, 0) is 40.9 Å². The summed E-state index contributed by atoms with van der Waals surface area (Å²) in [5, 5.41) is -0.427. The number of halogens is 1. The molecule has 1 saturated carbocycles. The maximum absolute atomic E-state index is 12.0. The lowest BCUT2D eigenvalue weighted by atomic mass is 10.2. The van der Waals surface area contributed by atoms with E-state index in [1.165, 1.54) is 0 Å². The van der Waals surface area contributed by atoms with Crippen LogP contribution in [0.1, 0.15) is 36.0 Å². The smallest absolute Gasteiger partial charge is 0.265 e. The van der Waals surface area contributed by atoms with Gasteiger partial charge in [0.2, 0.25) is 10.0 Å². The summed E-state index contributed by atoms with van der Waals surface area (Å²) in [5.74, 6) is -0.575. The van der Waals surface area contributed by atoms with E-state index in [4.69, 9.17) is 0 Å². The van der Waals surface area contributed by atoms with Gasteiger partial charge in [-0.2, -0.15) is 0 Å². The van der Waals surface area contributed by atoms with Crippen LogP contribution in [0.25, 0.3) is 0 Å². The molecule has 1 aromatic rings. The van der Waals surface area contributed by atoms with Crippen LogP contribution in [0, 0.1) is 0 Å². The second kappa shape index (κ2) is 5.40. The Morgan fingerprint density at radius 1 is 1.22 bits per heavy atom. The fourth-order valence-corrected chi connectivity index (χ4v) is 4.07. The molecule has 1 N–H and O–H groups in total. The highest BCUT2D eigenvalue weighted by molar-refractivity contribution is 9.10. The lowest BCUT2D eigenvalue weighted by molar-refractivity contribution is 0.0980. The summed E-state index contributed by atoms with van der Waals surface area (Å²) in [6.07, 6.45) is 3.10. The van der Waals surface area contributed by atoms with E-state index in [0.29, 0.717) is 22.9 Å². The van der Waals surface area contributed by atoms with Crippen molar-refractivity contribution in [2.45, 2.75) is 30.9 Å². The van der Waals surface area contributed by atoms with Crippen LogP contribution in [0.4, 0.5) is 0 Å². The number of sulfonamides is 1. The summed E-state index contributed by atoms with van der Waals surface area (Å²) >= 11 is 3.23. The van der Waals surface area contributed by atoms with Crippen LogP contribution in [0.3, 0.4) is 0 Å². The maximum Gasteiger partial charge on any atom is 0.265 e. The first kappa shape index (κ1) is 13.5. The zero-order chi connectivity index (χ0) is 13.2. The molecule has 0 saturated heterocycles. The van der Waals surface area contributed by atoms with Crippen molar-refractivity contribution in [1.29, 1.82) is 0 Å². The molecular weight excluding hydrogens is 318 g/mol. The Bertz CT molecular complexity index is 550. The van der Waals surface area contributed by atoms with Crippen LogP contribution in [-0.4, -0.2) is 19.6 Å². The van der Waals surface area contributed by atoms with Crippen molar-refractivity contribution >= 4 is 31.9 Å². The molecule has 0 atom stereocenters. The summed E-state index contributed by atoms with van der Waals surface area (Å²) in [4.78, 5) is 11.9. The molecule has 4 nitrogen and oxygen atoms in total. The normalized spacial score (nSPS) is 16.7. The average Bonchev–Trinajstić information content (AvgIpc) is 2.82. The predicted octanol–water partition coefficient (Wildman–Crippen LogP) is 2.45. The van der Waals surface area contributed by atoms with Crippen molar-refractivity contribution in [1.82, 2.24) is 4.72 Å². The highest BCUT2D eigenvalue weighted by Crippen LogP contribution is 2.24. The van der Waals surface area contributed by atoms with Gasteiger partial charge < -0.3 is 0 Å². The van der Waals surface area contributed by atoms with Gasteiger partial charge in [0.05, 0.1) is 10.8 Å². The lowest BCUT2D eigenvalue weighted by Crippen LogP contribution is -2.37. The third kappa shape index (κ3) is 2.92. The van der Waals surface area contributed by atoms with Crippen LogP contribution in [0.2, 0.25) is 0 Å². The monoisotopic (exact) mass is 331 g/mol. The molecule has 1 aliphatic rings. The second-order valence-electron chi connectivity index (χ2n) is 4.36. The minimum Gasteiger partial charge on any atom is -0.268 e. The SMILES string of the molecule is O=C(NS(=O)(=O)C1CCCC1)c1ccccc1Br. The van der Waals surface area contributed by atoms with Crippen LogP contribution < -0.4 is 4.72 Å². The van der Waals surface area contributed by atoms with Crippen LogP contribution in [0.15, 0.2) is 28.7 Å². The molecule has 0 bridgehead atoms. The molecule has 0 spiro atoms. The molecule has 0 radical (unpaired) electrons. The molecule has 98 valence electrons. The van der Waals surface area contributed by atoms with Gasteiger partial charge in [0.15, 0.2) is 0 Å². The van der Waals surface area contributed by atoms with E-state index in [9.17, 15) is 13.2 Å². The van der Waals surface area contributed by atoms with Crippen molar-refractivity contribution in [2.24, 2.45) is 0 Å². The van der Waals surface area contributed by atoms with E-state index in [1.54, 1.807) is 24.3 Å². The largest absolute Gasteiger partial charge is 0.268 e. The third-order valence-electron chi connectivity index (χ3n) is 3.09. The molecule has 1 fully saturated rings. The van der Waals surface area contributed by atoms with Crippen LogP contribution in [0.5, 0.6) is 0 Å². The zero-order valence-corrected chi connectivity index (χ0v) is 12.1. The zero-order valence-electron chi connectivity index (χ0n) is 9.73. The van der Waals surface area contributed by atoms with Gasteiger partial charge in [-0.1, -0.05) is 25.0 Å². The fraction of sp³-hybridized carbons (Fsp3) is 0.417. The van der Waals surface area contributed by atoms with Crippen molar-refractivity contribution in [2.75, 3.05) is 0 Å². The molecule has 0 aromatic heterocycles. The molecule has 0 heterocycles. The quantitative estimate of drug-likeness (QED) is 0.925. The molecule has 1 aromatic carbocycles. The van der Waals surface area contributed by atoms with Crippen LogP contribution in [-0.2, 0) is 10.0 Å². The predicted molar refractivity (Wildman–Crippen MR) is 72.8 cm³/mol. The van der Waals surface area contributed by atoms with Gasteiger partial charge in [-0.15, -0.1) is 0 Å². The van der Waals surface area contributed by atoms with E-state index < -0.39 is 21.2 Å². The number of nitrogens with one attached hydrogen (secondary N) is 1. The van der Waals surface area contributed by atoms with E-state index in [-0.39, 0.29) is 0 Å². The summed E-state index contributed by atoms with van der Waals surface area (Å²) in [7, 11) is -3.54. The fourth-order valence-electron chi connectivity index (χ4n) is 2.11. The Hall–Kier alpha value is -0.880. The number of hydrogen-bond donors (Lipinski definition) is 1. The Balaban J connectivity index is 2.14. The topological polar surface area (TPSA) is 63.2 Å². The van der Waals surface area contributed by atoms with Crippen molar-refractivity contribution in [3.05, 3.63) is 34.3 Å². The van der Waals surface area contributed by atoms with Gasteiger partial charge in [0, 0.05) is 4.47 Å². The number of carbonyl (C=O) groups excluding carboxylic acids is 1. The Kier molecular flexibility index (Phi) is 4.07. The highest BCUT2D eigenvalue weighted by Gasteiger charge is 2.30. The molecule has 2 rings (SSSR count). The van der Waals surface area contributed by atoms with Crippen molar-refractivity contribution < 1.29 is 13.2 Å². The summed E-state index contributed by atoms with van der Waals surface area (Å²) in [6.45, 7) is 0. The standard InChI is InChI=1S/C12H14BrNO3S/c13-11-8-4-3-7-10(11)12(15)14-18(16,17)9-5-1-2-6-9/h3-4,7-9H,1-2,5-6H2,(H,14,15). The molecule has 6 heteroatoms. The molecular formula is C12H14BrNO3S. The summed E-state index contributed by atoms with van der Waals surface area (Å²) in [5.41, 5.74) is 0.332. The average molecular weight is 332 g/mol. The third-order valence-corrected chi connectivity index (χ3v) is 5.60. The first-order chi connectivity index (χ1) is 8.50. The number of rotatable bonds is 3. The Labute approximate surface area is 115 Å². The minimum atomic E-state index is -3.54. The van der Waals surface area contributed by atoms with E-state index in [2.05, 4.69) is 20.7 Å². The van der Waals surface area contributed by atoms with Crippen LogP contribution >= 0.6 is 15.9 Å². The Morgan fingerprint density at radius 2 is 1.83 bits per heavy atom.